The number of pyridine rings is 1. The van der Waals surface area contributed by atoms with E-state index in [2.05, 4.69) is 0 Å². The number of halogens is 3. The molecule has 0 bridgehead atoms. The molecule has 21 heavy (non-hydrogen) atoms. The normalized spacial score (nSPS) is 11.2. The third kappa shape index (κ3) is 2.73. The molecule has 5 heteroatoms. The Morgan fingerprint density at radius 2 is 1.67 bits per heavy atom. The molecular weight excluding hydrogens is 279 g/mol. The summed E-state index contributed by atoms with van der Waals surface area (Å²) in [7, 11) is 0. The molecule has 0 aliphatic carbocycles. The van der Waals surface area contributed by atoms with Gasteiger partial charge in [-0.25, -0.2) is 13.2 Å². The molecule has 2 aromatic rings. The van der Waals surface area contributed by atoms with Crippen molar-refractivity contribution in [1.29, 1.82) is 0 Å². The van der Waals surface area contributed by atoms with Crippen molar-refractivity contribution in [1.82, 2.24) is 4.57 Å². The number of benzene rings is 1. The number of nitrogens with zero attached hydrogens (tertiary/aromatic N) is 1. The predicted molar refractivity (Wildman–Crippen MR) is 75.8 cm³/mol. The Morgan fingerprint density at radius 3 is 2.14 bits per heavy atom. The lowest BCUT2D eigenvalue weighted by Gasteiger charge is -2.19. The summed E-state index contributed by atoms with van der Waals surface area (Å²) < 4.78 is 42.6. The van der Waals surface area contributed by atoms with Gasteiger partial charge in [-0.05, 0) is 18.4 Å². The van der Waals surface area contributed by atoms with Crippen LogP contribution in [-0.2, 0) is 6.54 Å². The van der Waals surface area contributed by atoms with Gasteiger partial charge in [0.1, 0.15) is 17.5 Å². The van der Waals surface area contributed by atoms with Gasteiger partial charge in [0.15, 0.2) is 0 Å². The fourth-order valence-corrected chi connectivity index (χ4v) is 2.42. The van der Waals surface area contributed by atoms with Crippen LogP contribution < -0.4 is 5.56 Å². The molecule has 112 valence electrons. The average molecular weight is 295 g/mol. The van der Waals surface area contributed by atoms with Gasteiger partial charge in [-0.15, -0.1) is 0 Å². The van der Waals surface area contributed by atoms with Crippen LogP contribution in [0, 0.1) is 17.5 Å². The quantitative estimate of drug-likeness (QED) is 0.836. The van der Waals surface area contributed by atoms with Gasteiger partial charge >= 0.3 is 0 Å². The van der Waals surface area contributed by atoms with Gasteiger partial charge in [0.05, 0.1) is 11.3 Å². The first-order valence-electron chi connectivity index (χ1n) is 6.75. The van der Waals surface area contributed by atoms with Crippen molar-refractivity contribution in [3.8, 4) is 11.3 Å². The van der Waals surface area contributed by atoms with Crippen LogP contribution in [0.25, 0.3) is 11.3 Å². The maximum absolute atomic E-state index is 14.1. The highest BCUT2D eigenvalue weighted by Gasteiger charge is 2.21. The molecule has 0 aliphatic heterocycles. The van der Waals surface area contributed by atoms with Crippen LogP contribution in [0.4, 0.5) is 13.2 Å². The summed E-state index contributed by atoms with van der Waals surface area (Å²) in [5.41, 5.74) is 0.107. The first-order valence-corrected chi connectivity index (χ1v) is 6.75. The molecule has 0 spiro atoms. The van der Waals surface area contributed by atoms with Crippen LogP contribution in [-0.4, -0.2) is 4.57 Å². The summed E-state index contributed by atoms with van der Waals surface area (Å²) in [5.74, 6) is -3.05. The van der Waals surface area contributed by atoms with Crippen LogP contribution in [0.3, 0.4) is 0 Å². The van der Waals surface area contributed by atoms with Crippen molar-refractivity contribution < 1.29 is 13.2 Å². The van der Waals surface area contributed by atoms with Gasteiger partial charge in [0, 0.05) is 24.7 Å². The highest BCUT2D eigenvalue weighted by atomic mass is 19.1. The minimum atomic E-state index is -1.01. The summed E-state index contributed by atoms with van der Waals surface area (Å²) in [4.78, 5) is 12.0. The number of hydrogen-bond donors (Lipinski definition) is 0. The highest BCUT2D eigenvalue weighted by Crippen LogP contribution is 2.32. The van der Waals surface area contributed by atoms with E-state index in [1.165, 1.54) is 10.6 Å². The van der Waals surface area contributed by atoms with E-state index >= 15 is 0 Å². The second-order valence-electron chi connectivity index (χ2n) is 5.12. The predicted octanol–water partition coefficient (Wildman–Crippen LogP) is 4.08. The summed E-state index contributed by atoms with van der Waals surface area (Å²) in [6.07, 6.45) is 0. The molecule has 0 N–H and O–H groups in total. The highest BCUT2D eigenvalue weighted by molar-refractivity contribution is 5.66. The topological polar surface area (TPSA) is 22.0 Å². The zero-order valence-corrected chi connectivity index (χ0v) is 12.1. The summed E-state index contributed by atoms with van der Waals surface area (Å²) in [6.45, 7) is 5.71. The molecule has 0 fully saturated rings. The Kier molecular flexibility index (Phi) is 4.21. The zero-order valence-electron chi connectivity index (χ0n) is 12.1. The van der Waals surface area contributed by atoms with Gasteiger partial charge in [-0.1, -0.05) is 19.9 Å². The zero-order chi connectivity index (χ0) is 15.7. The van der Waals surface area contributed by atoms with Crippen molar-refractivity contribution in [3.63, 3.8) is 0 Å². The second-order valence-corrected chi connectivity index (χ2v) is 5.12. The lowest BCUT2D eigenvalue weighted by Crippen LogP contribution is -2.22. The molecule has 0 aliphatic rings. The van der Waals surface area contributed by atoms with E-state index in [-0.39, 0.29) is 29.3 Å². The first-order chi connectivity index (χ1) is 9.86. The lowest BCUT2D eigenvalue weighted by molar-refractivity contribution is 0.544. The molecule has 1 heterocycles. The van der Waals surface area contributed by atoms with E-state index in [9.17, 15) is 18.0 Å². The molecule has 2 nitrogen and oxygen atoms in total. The SMILES string of the molecule is CCn1c(-c2c(F)cc(F)cc2F)c(C(C)C)ccc1=O. The van der Waals surface area contributed by atoms with Crippen molar-refractivity contribution >= 4 is 0 Å². The van der Waals surface area contributed by atoms with Crippen molar-refractivity contribution in [2.24, 2.45) is 0 Å². The van der Waals surface area contributed by atoms with Crippen LogP contribution in [0.5, 0.6) is 0 Å². The Labute approximate surface area is 120 Å². The minimum absolute atomic E-state index is 0.0396. The third-order valence-corrected chi connectivity index (χ3v) is 3.40. The van der Waals surface area contributed by atoms with Crippen molar-refractivity contribution in [2.45, 2.75) is 33.2 Å². The Bertz CT molecular complexity index is 712. The smallest absolute Gasteiger partial charge is 0.251 e. The molecular formula is C16H16F3NO. The maximum atomic E-state index is 14.1. The molecule has 1 aromatic heterocycles. The van der Waals surface area contributed by atoms with Gasteiger partial charge in [-0.3, -0.25) is 4.79 Å². The molecule has 0 saturated heterocycles. The monoisotopic (exact) mass is 295 g/mol. The van der Waals surface area contributed by atoms with Crippen LogP contribution >= 0.6 is 0 Å². The van der Waals surface area contributed by atoms with Crippen molar-refractivity contribution in [3.05, 3.63) is 57.6 Å². The summed E-state index contributed by atoms with van der Waals surface area (Å²) in [5, 5.41) is 0. The second kappa shape index (κ2) is 5.76. The number of rotatable bonds is 3. The third-order valence-electron chi connectivity index (χ3n) is 3.40. The van der Waals surface area contributed by atoms with E-state index in [0.29, 0.717) is 17.7 Å². The Morgan fingerprint density at radius 1 is 1.10 bits per heavy atom. The Hall–Kier alpha value is -2.04. The molecule has 1 aromatic carbocycles. The van der Waals surface area contributed by atoms with Crippen LogP contribution in [0.1, 0.15) is 32.3 Å². The molecule has 0 atom stereocenters. The van der Waals surface area contributed by atoms with E-state index < -0.39 is 17.5 Å². The molecule has 0 saturated carbocycles. The fraction of sp³-hybridized carbons (Fsp3) is 0.312. The minimum Gasteiger partial charge on any atom is -0.308 e. The van der Waals surface area contributed by atoms with Gasteiger partial charge in [-0.2, -0.15) is 0 Å². The summed E-state index contributed by atoms with van der Waals surface area (Å²) >= 11 is 0. The fourth-order valence-electron chi connectivity index (χ4n) is 2.42. The summed E-state index contributed by atoms with van der Waals surface area (Å²) in [6, 6.07) is 4.19. The van der Waals surface area contributed by atoms with Crippen LogP contribution in [0.15, 0.2) is 29.1 Å². The molecule has 2 rings (SSSR count). The van der Waals surface area contributed by atoms with Gasteiger partial charge in [0.2, 0.25) is 0 Å². The lowest BCUT2D eigenvalue weighted by atomic mass is 9.96. The Balaban J connectivity index is 2.91. The van der Waals surface area contributed by atoms with E-state index in [4.69, 9.17) is 0 Å². The largest absolute Gasteiger partial charge is 0.308 e. The molecule has 0 unspecified atom stereocenters. The van der Waals surface area contributed by atoms with E-state index in [1.807, 2.05) is 13.8 Å². The first kappa shape index (κ1) is 15.4. The van der Waals surface area contributed by atoms with Gasteiger partial charge < -0.3 is 4.57 Å². The molecule has 0 radical (unpaired) electrons. The molecule has 0 amide bonds. The van der Waals surface area contributed by atoms with Crippen molar-refractivity contribution in [2.75, 3.05) is 0 Å². The average Bonchev–Trinajstić information content (AvgIpc) is 2.37. The number of hydrogen-bond acceptors (Lipinski definition) is 1. The van der Waals surface area contributed by atoms with Gasteiger partial charge in [0.25, 0.3) is 5.56 Å². The standard InChI is InChI=1S/C16H16F3NO/c1-4-20-14(21)6-5-11(9(2)3)16(20)15-12(18)7-10(17)8-13(15)19/h5-9H,4H2,1-3H3. The number of aromatic nitrogens is 1. The van der Waals surface area contributed by atoms with E-state index in [1.54, 1.807) is 13.0 Å². The van der Waals surface area contributed by atoms with Crippen LogP contribution in [0.2, 0.25) is 0 Å². The van der Waals surface area contributed by atoms with E-state index in [0.717, 1.165) is 0 Å². The maximum Gasteiger partial charge on any atom is 0.251 e.